The number of rotatable bonds is 8. The number of amides is 1. The summed E-state index contributed by atoms with van der Waals surface area (Å²) in [5.74, 6) is 0.764. The molecule has 7 nitrogen and oxygen atoms in total. The van der Waals surface area contributed by atoms with Crippen LogP contribution in [0, 0.1) is 0 Å². The molecular weight excluding hydrogens is 398 g/mol. The SMILES string of the molecule is O=C(CSc1n[nH]c(-c2ccccc2O)n1)NCc1ccc(CN2CCCC2)cc1. The van der Waals surface area contributed by atoms with Crippen molar-refractivity contribution in [3.63, 3.8) is 0 Å². The largest absolute Gasteiger partial charge is 0.507 e. The summed E-state index contributed by atoms with van der Waals surface area (Å²) < 4.78 is 0. The minimum absolute atomic E-state index is 0.0740. The molecule has 0 unspecified atom stereocenters. The molecule has 3 aromatic rings. The van der Waals surface area contributed by atoms with E-state index >= 15 is 0 Å². The summed E-state index contributed by atoms with van der Waals surface area (Å²) in [7, 11) is 0. The molecular formula is C22H25N5O2S. The number of likely N-dealkylation sites (tertiary alicyclic amines) is 1. The molecule has 3 N–H and O–H groups in total. The van der Waals surface area contributed by atoms with E-state index in [-0.39, 0.29) is 17.4 Å². The minimum atomic E-state index is -0.0740. The van der Waals surface area contributed by atoms with E-state index < -0.39 is 0 Å². The topological polar surface area (TPSA) is 94.1 Å². The smallest absolute Gasteiger partial charge is 0.230 e. The summed E-state index contributed by atoms with van der Waals surface area (Å²) >= 11 is 1.25. The van der Waals surface area contributed by atoms with Crippen LogP contribution in [0.25, 0.3) is 11.4 Å². The minimum Gasteiger partial charge on any atom is -0.507 e. The second-order valence-corrected chi connectivity index (χ2v) is 8.29. The van der Waals surface area contributed by atoms with E-state index in [4.69, 9.17) is 0 Å². The summed E-state index contributed by atoms with van der Waals surface area (Å²) in [5, 5.41) is 20.2. The van der Waals surface area contributed by atoms with E-state index in [2.05, 4.69) is 49.7 Å². The molecule has 4 rings (SSSR count). The molecule has 1 aliphatic heterocycles. The number of phenols is 1. The summed E-state index contributed by atoms with van der Waals surface area (Å²) in [5.41, 5.74) is 2.97. The van der Waals surface area contributed by atoms with Crippen LogP contribution in [-0.4, -0.2) is 49.9 Å². The molecule has 8 heteroatoms. The molecule has 1 aliphatic rings. The van der Waals surface area contributed by atoms with Crippen molar-refractivity contribution in [3.05, 3.63) is 59.7 Å². The molecule has 0 bridgehead atoms. The molecule has 0 saturated carbocycles. The van der Waals surface area contributed by atoms with Crippen LogP contribution >= 0.6 is 11.8 Å². The number of aromatic amines is 1. The van der Waals surface area contributed by atoms with Gasteiger partial charge in [-0.25, -0.2) is 4.98 Å². The molecule has 2 aromatic carbocycles. The third-order valence-corrected chi connectivity index (χ3v) is 5.92. The number of carbonyl (C=O) groups is 1. The van der Waals surface area contributed by atoms with Crippen molar-refractivity contribution in [2.45, 2.75) is 31.1 Å². The van der Waals surface area contributed by atoms with Crippen molar-refractivity contribution < 1.29 is 9.90 Å². The molecule has 1 fully saturated rings. The van der Waals surface area contributed by atoms with Gasteiger partial charge < -0.3 is 10.4 Å². The first-order chi connectivity index (χ1) is 14.7. The van der Waals surface area contributed by atoms with Crippen molar-refractivity contribution >= 4 is 17.7 Å². The highest BCUT2D eigenvalue weighted by Gasteiger charge is 2.12. The van der Waals surface area contributed by atoms with Gasteiger partial charge in [0.1, 0.15) is 5.75 Å². The number of thioether (sulfide) groups is 1. The van der Waals surface area contributed by atoms with Gasteiger partial charge in [0.2, 0.25) is 11.1 Å². The quantitative estimate of drug-likeness (QED) is 0.482. The molecule has 156 valence electrons. The number of aromatic hydroxyl groups is 1. The number of aromatic nitrogens is 3. The normalized spacial score (nSPS) is 14.1. The highest BCUT2D eigenvalue weighted by Crippen LogP contribution is 2.26. The lowest BCUT2D eigenvalue weighted by Crippen LogP contribution is -2.24. The van der Waals surface area contributed by atoms with Crippen LogP contribution in [0.4, 0.5) is 0 Å². The number of para-hydroxylation sites is 1. The standard InChI is InChI=1S/C22H25N5O2S/c28-19-6-2-1-5-18(19)21-24-22(26-25-21)30-15-20(29)23-13-16-7-9-17(10-8-16)14-27-11-3-4-12-27/h1-2,5-10,28H,3-4,11-15H2,(H,23,29)(H,24,25,26). The van der Waals surface area contributed by atoms with Gasteiger partial charge in [-0.05, 0) is 49.2 Å². The predicted octanol–water partition coefficient (Wildman–Crippen LogP) is 3.18. The Labute approximate surface area is 179 Å². The third kappa shape index (κ3) is 5.40. The predicted molar refractivity (Wildman–Crippen MR) is 117 cm³/mol. The summed E-state index contributed by atoms with van der Waals surface area (Å²) in [6.45, 7) is 3.88. The zero-order valence-corrected chi connectivity index (χ0v) is 17.5. The van der Waals surface area contributed by atoms with Crippen molar-refractivity contribution in [1.82, 2.24) is 25.4 Å². The maximum atomic E-state index is 12.2. The zero-order valence-electron chi connectivity index (χ0n) is 16.7. The second-order valence-electron chi connectivity index (χ2n) is 7.35. The number of benzene rings is 2. The van der Waals surface area contributed by atoms with E-state index in [1.54, 1.807) is 18.2 Å². The van der Waals surface area contributed by atoms with E-state index in [0.29, 0.717) is 23.1 Å². The zero-order chi connectivity index (χ0) is 20.8. The second kappa shape index (κ2) is 9.77. The first-order valence-corrected chi connectivity index (χ1v) is 11.1. The molecule has 1 saturated heterocycles. The molecule has 0 radical (unpaired) electrons. The number of carbonyl (C=O) groups excluding carboxylic acids is 1. The van der Waals surface area contributed by atoms with Gasteiger partial charge in [-0.1, -0.05) is 48.2 Å². The number of nitrogens with zero attached hydrogens (tertiary/aromatic N) is 3. The Kier molecular flexibility index (Phi) is 6.66. The molecule has 0 spiro atoms. The van der Waals surface area contributed by atoms with Gasteiger partial charge in [0.15, 0.2) is 5.82 Å². The fourth-order valence-electron chi connectivity index (χ4n) is 3.45. The Morgan fingerprint density at radius 3 is 2.60 bits per heavy atom. The van der Waals surface area contributed by atoms with Gasteiger partial charge >= 0.3 is 0 Å². The number of phenolic OH excluding ortho intramolecular Hbond substituents is 1. The third-order valence-electron chi connectivity index (χ3n) is 5.07. The van der Waals surface area contributed by atoms with Crippen molar-refractivity contribution in [1.29, 1.82) is 0 Å². The number of H-pyrrole nitrogens is 1. The maximum Gasteiger partial charge on any atom is 0.230 e. The van der Waals surface area contributed by atoms with Gasteiger partial charge in [0, 0.05) is 13.1 Å². The highest BCUT2D eigenvalue weighted by atomic mass is 32.2. The van der Waals surface area contributed by atoms with Gasteiger partial charge in [0.05, 0.1) is 11.3 Å². The van der Waals surface area contributed by atoms with Crippen LogP contribution in [0.15, 0.2) is 53.7 Å². The first kappa shape index (κ1) is 20.4. The van der Waals surface area contributed by atoms with Crippen molar-refractivity contribution in [3.8, 4) is 17.1 Å². The highest BCUT2D eigenvalue weighted by molar-refractivity contribution is 7.99. The van der Waals surface area contributed by atoms with Gasteiger partial charge in [-0.3, -0.25) is 14.8 Å². The fourth-order valence-corrected chi connectivity index (χ4v) is 4.08. The van der Waals surface area contributed by atoms with E-state index in [1.165, 1.54) is 43.3 Å². The van der Waals surface area contributed by atoms with Crippen molar-refractivity contribution in [2.75, 3.05) is 18.8 Å². The van der Waals surface area contributed by atoms with Gasteiger partial charge in [0.25, 0.3) is 0 Å². The number of nitrogens with one attached hydrogen (secondary N) is 2. The van der Waals surface area contributed by atoms with Gasteiger partial charge in [-0.15, -0.1) is 5.10 Å². The molecule has 1 aromatic heterocycles. The van der Waals surface area contributed by atoms with Crippen LogP contribution < -0.4 is 5.32 Å². The average molecular weight is 424 g/mol. The Morgan fingerprint density at radius 1 is 1.10 bits per heavy atom. The average Bonchev–Trinajstić information content (AvgIpc) is 3.44. The van der Waals surface area contributed by atoms with Crippen LogP contribution in [0.5, 0.6) is 5.75 Å². The summed E-state index contributed by atoms with van der Waals surface area (Å²) in [6.07, 6.45) is 2.60. The Morgan fingerprint density at radius 2 is 1.83 bits per heavy atom. The van der Waals surface area contributed by atoms with Crippen LogP contribution in [0.1, 0.15) is 24.0 Å². The van der Waals surface area contributed by atoms with Crippen LogP contribution in [0.3, 0.4) is 0 Å². The Hall–Kier alpha value is -2.84. The molecule has 0 atom stereocenters. The maximum absolute atomic E-state index is 12.2. The van der Waals surface area contributed by atoms with Crippen molar-refractivity contribution in [2.24, 2.45) is 0 Å². The number of hydrogen-bond acceptors (Lipinski definition) is 6. The van der Waals surface area contributed by atoms with E-state index in [0.717, 1.165) is 12.1 Å². The lowest BCUT2D eigenvalue weighted by Gasteiger charge is -2.14. The summed E-state index contributed by atoms with van der Waals surface area (Å²) in [4.78, 5) is 19.0. The monoisotopic (exact) mass is 423 g/mol. The number of hydrogen-bond donors (Lipinski definition) is 3. The fraction of sp³-hybridized carbons (Fsp3) is 0.318. The van der Waals surface area contributed by atoms with Crippen LogP contribution in [-0.2, 0) is 17.9 Å². The Bertz CT molecular complexity index is 983. The van der Waals surface area contributed by atoms with E-state index in [1.807, 2.05) is 6.07 Å². The molecule has 0 aliphatic carbocycles. The Balaban J connectivity index is 1.22. The lowest BCUT2D eigenvalue weighted by atomic mass is 10.1. The summed E-state index contributed by atoms with van der Waals surface area (Å²) in [6, 6.07) is 15.3. The molecule has 1 amide bonds. The molecule has 30 heavy (non-hydrogen) atoms. The molecule has 2 heterocycles. The first-order valence-electron chi connectivity index (χ1n) is 10.1. The van der Waals surface area contributed by atoms with E-state index in [9.17, 15) is 9.90 Å². The van der Waals surface area contributed by atoms with Crippen LogP contribution in [0.2, 0.25) is 0 Å². The lowest BCUT2D eigenvalue weighted by molar-refractivity contribution is -0.118. The van der Waals surface area contributed by atoms with Gasteiger partial charge in [-0.2, -0.15) is 0 Å².